The molecule has 1 unspecified atom stereocenters. The van der Waals surface area contributed by atoms with Gasteiger partial charge in [0.25, 0.3) is 0 Å². The molecular weight excluding hydrogens is 551 g/mol. The quantitative estimate of drug-likeness (QED) is 0.255. The molecule has 0 fully saturated rings. The van der Waals surface area contributed by atoms with Crippen LogP contribution in [0, 0.1) is 0 Å². The summed E-state index contributed by atoms with van der Waals surface area (Å²) in [5, 5.41) is 14.6. The van der Waals surface area contributed by atoms with Crippen molar-refractivity contribution in [3.63, 3.8) is 0 Å². The zero-order valence-corrected chi connectivity index (χ0v) is 23.5. The van der Waals surface area contributed by atoms with Crippen LogP contribution in [0.15, 0.2) is 72.8 Å². The van der Waals surface area contributed by atoms with E-state index in [2.05, 4.69) is 25.2 Å². The summed E-state index contributed by atoms with van der Waals surface area (Å²) in [5.41, 5.74) is 5.55. The normalized spacial score (nSPS) is 16.9. The van der Waals surface area contributed by atoms with Crippen LogP contribution < -0.4 is 14.8 Å². The van der Waals surface area contributed by atoms with Gasteiger partial charge in [-0.2, -0.15) is 13.2 Å². The Hall–Kier alpha value is -4.10. The van der Waals surface area contributed by atoms with Gasteiger partial charge in [-0.15, -0.1) is 0 Å². The highest BCUT2D eigenvalue weighted by molar-refractivity contribution is 6.30. The van der Waals surface area contributed by atoms with Crippen LogP contribution in [0.5, 0.6) is 17.2 Å². The third-order valence-electron chi connectivity index (χ3n) is 7.55. The first-order valence-corrected chi connectivity index (χ1v) is 13.4. The Morgan fingerprint density at radius 2 is 1.76 bits per heavy atom. The number of aromatic hydroxyl groups is 1. The second-order valence-electron chi connectivity index (χ2n) is 10.9. The molecule has 0 radical (unpaired) electrons. The van der Waals surface area contributed by atoms with Crippen molar-refractivity contribution in [3.05, 3.63) is 100 Å². The minimum Gasteiger partial charge on any atom is -0.504 e. The molecule has 2 heterocycles. The van der Waals surface area contributed by atoms with Gasteiger partial charge in [0.1, 0.15) is 5.75 Å². The van der Waals surface area contributed by atoms with Crippen LogP contribution in [-0.2, 0) is 6.18 Å². The SMILES string of the molecule is COc1c(O)ccc2c1-c1ccc3c(c1C(c1ccc(Cl)cc1-c1cccc(C(F)(F)F)c1)O2)C(C)=CC(C)(C)N3. The van der Waals surface area contributed by atoms with Crippen LogP contribution in [0.3, 0.4) is 0 Å². The van der Waals surface area contributed by atoms with Crippen LogP contribution in [0.1, 0.15) is 49.1 Å². The number of phenolic OH excluding ortho intramolecular Hbond substituents is 1. The van der Waals surface area contributed by atoms with E-state index in [9.17, 15) is 18.3 Å². The largest absolute Gasteiger partial charge is 0.504 e. The summed E-state index contributed by atoms with van der Waals surface area (Å²) in [4.78, 5) is 0. The van der Waals surface area contributed by atoms with Crippen molar-refractivity contribution >= 4 is 22.9 Å². The van der Waals surface area contributed by atoms with E-state index in [1.54, 1.807) is 30.3 Å². The molecular formula is C33H27ClF3NO3. The highest BCUT2D eigenvalue weighted by Gasteiger charge is 2.38. The number of hydrogen-bond acceptors (Lipinski definition) is 4. The molecule has 2 aliphatic rings. The van der Waals surface area contributed by atoms with Gasteiger partial charge in [0.2, 0.25) is 0 Å². The van der Waals surface area contributed by atoms with E-state index in [0.717, 1.165) is 40.1 Å². The van der Waals surface area contributed by atoms with Gasteiger partial charge in [0.05, 0.1) is 23.8 Å². The van der Waals surface area contributed by atoms with Gasteiger partial charge in [-0.1, -0.05) is 41.9 Å². The zero-order valence-electron chi connectivity index (χ0n) is 22.8. The third-order valence-corrected chi connectivity index (χ3v) is 7.79. The minimum absolute atomic E-state index is 0.0281. The van der Waals surface area contributed by atoms with Crippen molar-refractivity contribution in [2.45, 2.75) is 38.6 Å². The van der Waals surface area contributed by atoms with E-state index in [1.807, 2.05) is 19.1 Å². The number of hydrogen-bond donors (Lipinski definition) is 2. The van der Waals surface area contributed by atoms with Crippen molar-refractivity contribution < 1.29 is 27.8 Å². The summed E-state index contributed by atoms with van der Waals surface area (Å²) < 4.78 is 53.4. The third kappa shape index (κ3) is 4.58. The number of rotatable bonds is 3. The smallest absolute Gasteiger partial charge is 0.416 e. The fourth-order valence-corrected chi connectivity index (χ4v) is 6.20. The predicted molar refractivity (Wildman–Crippen MR) is 156 cm³/mol. The second kappa shape index (κ2) is 9.48. The monoisotopic (exact) mass is 577 g/mol. The van der Waals surface area contributed by atoms with E-state index < -0.39 is 17.8 Å². The Labute approximate surface area is 241 Å². The maximum atomic E-state index is 13.7. The topological polar surface area (TPSA) is 50.7 Å². The average Bonchev–Trinajstić information content (AvgIpc) is 2.91. The molecule has 6 rings (SSSR count). The van der Waals surface area contributed by atoms with Gasteiger partial charge < -0.3 is 19.9 Å². The number of nitrogens with one attached hydrogen (secondary N) is 1. The lowest BCUT2D eigenvalue weighted by Gasteiger charge is -2.38. The summed E-state index contributed by atoms with van der Waals surface area (Å²) in [6.07, 6.45) is -3.08. The molecule has 0 aromatic heterocycles. The minimum atomic E-state index is -4.50. The van der Waals surface area contributed by atoms with Crippen LogP contribution in [-0.4, -0.2) is 17.8 Å². The van der Waals surface area contributed by atoms with Crippen LogP contribution in [0.25, 0.3) is 27.8 Å². The summed E-state index contributed by atoms with van der Waals surface area (Å²) in [6, 6.07) is 17.5. The Bertz CT molecular complexity index is 1740. The number of phenols is 1. The standard InChI is InChI=1S/C33H27ClF3NO3/c1-17-16-32(2,3)38-24-11-10-22-28-26(13-12-25(39)31(28)40-4)41-30(29(22)27(17)24)21-9-8-20(34)15-23(21)18-6-5-7-19(14-18)33(35,36)37/h5-16,30,38-39H,1-4H3. The maximum absolute atomic E-state index is 13.7. The van der Waals surface area contributed by atoms with Crippen molar-refractivity contribution in [1.82, 2.24) is 0 Å². The van der Waals surface area contributed by atoms with Crippen LogP contribution in [0.4, 0.5) is 18.9 Å². The van der Waals surface area contributed by atoms with Gasteiger partial charge in [-0.05, 0) is 85.5 Å². The lowest BCUT2D eigenvalue weighted by atomic mass is 9.79. The molecule has 8 heteroatoms. The number of alkyl halides is 3. The van der Waals surface area contributed by atoms with E-state index in [-0.39, 0.29) is 17.0 Å². The number of allylic oxidation sites excluding steroid dienone is 1. The summed E-state index contributed by atoms with van der Waals surface area (Å²) >= 11 is 6.42. The van der Waals surface area contributed by atoms with E-state index in [0.29, 0.717) is 33.0 Å². The number of methoxy groups -OCH3 is 1. The number of fused-ring (bicyclic) bond motifs is 5. The van der Waals surface area contributed by atoms with Crippen molar-refractivity contribution in [3.8, 4) is 39.5 Å². The Kier molecular flexibility index (Phi) is 6.27. The molecule has 0 saturated heterocycles. The molecule has 0 spiro atoms. The van der Waals surface area contributed by atoms with Gasteiger partial charge in [0.15, 0.2) is 17.6 Å². The molecule has 0 bridgehead atoms. The Morgan fingerprint density at radius 1 is 0.976 bits per heavy atom. The number of halogens is 4. The molecule has 0 aliphatic carbocycles. The predicted octanol–water partition coefficient (Wildman–Crippen LogP) is 9.50. The fourth-order valence-electron chi connectivity index (χ4n) is 6.02. The molecule has 4 nitrogen and oxygen atoms in total. The van der Waals surface area contributed by atoms with Gasteiger partial charge in [-0.3, -0.25) is 0 Å². The molecule has 1 atom stereocenters. The molecule has 4 aromatic carbocycles. The molecule has 4 aromatic rings. The molecule has 2 aliphatic heterocycles. The lowest BCUT2D eigenvalue weighted by molar-refractivity contribution is -0.137. The van der Waals surface area contributed by atoms with Crippen molar-refractivity contribution in [2.75, 3.05) is 12.4 Å². The highest BCUT2D eigenvalue weighted by Crippen LogP contribution is 2.56. The van der Waals surface area contributed by atoms with Gasteiger partial charge >= 0.3 is 6.18 Å². The Balaban J connectivity index is 1.66. The maximum Gasteiger partial charge on any atom is 0.416 e. The molecule has 0 amide bonds. The first-order valence-electron chi connectivity index (χ1n) is 13.1. The number of anilines is 1. The van der Waals surface area contributed by atoms with Crippen molar-refractivity contribution in [2.24, 2.45) is 0 Å². The van der Waals surface area contributed by atoms with E-state index in [4.69, 9.17) is 21.1 Å². The van der Waals surface area contributed by atoms with Crippen LogP contribution in [0.2, 0.25) is 5.02 Å². The summed E-state index contributed by atoms with van der Waals surface area (Å²) in [7, 11) is 1.49. The van der Waals surface area contributed by atoms with E-state index >= 15 is 0 Å². The van der Waals surface area contributed by atoms with Crippen molar-refractivity contribution in [1.29, 1.82) is 0 Å². The van der Waals surface area contributed by atoms with Gasteiger partial charge in [0, 0.05) is 27.4 Å². The number of ether oxygens (including phenoxy) is 2. The fraction of sp³-hybridized carbons (Fsp3) is 0.212. The first kappa shape index (κ1) is 27.1. The molecule has 2 N–H and O–H groups in total. The molecule has 210 valence electrons. The Morgan fingerprint density at radius 3 is 2.49 bits per heavy atom. The molecule has 41 heavy (non-hydrogen) atoms. The average molecular weight is 578 g/mol. The van der Waals surface area contributed by atoms with Gasteiger partial charge in [-0.25, -0.2) is 0 Å². The summed E-state index contributed by atoms with van der Waals surface area (Å²) in [6.45, 7) is 6.19. The summed E-state index contributed by atoms with van der Waals surface area (Å²) in [5.74, 6) is 0.731. The highest BCUT2D eigenvalue weighted by atomic mass is 35.5. The number of benzene rings is 4. The van der Waals surface area contributed by atoms with E-state index in [1.165, 1.54) is 19.2 Å². The first-order chi connectivity index (χ1) is 19.4. The zero-order chi connectivity index (χ0) is 29.3. The van der Waals surface area contributed by atoms with Crippen LogP contribution >= 0.6 is 11.6 Å². The molecule has 0 saturated carbocycles. The second-order valence-corrected chi connectivity index (χ2v) is 11.4. The lowest BCUT2D eigenvalue weighted by Crippen LogP contribution is -2.32.